The normalized spacial score (nSPS) is 34.6. The predicted molar refractivity (Wildman–Crippen MR) is 111 cm³/mol. The Morgan fingerprint density at radius 1 is 1.07 bits per heavy atom. The van der Waals surface area contributed by atoms with Gasteiger partial charge in [-0.15, -0.1) is 0 Å². The van der Waals surface area contributed by atoms with Crippen molar-refractivity contribution in [2.24, 2.45) is 29.1 Å². The number of rotatable bonds is 7. The van der Waals surface area contributed by atoms with E-state index in [2.05, 4.69) is 33.9 Å². The highest BCUT2D eigenvalue weighted by atomic mass is 16.7. The Morgan fingerprint density at radius 2 is 1.61 bits per heavy atom. The van der Waals surface area contributed by atoms with Crippen molar-refractivity contribution in [3.8, 4) is 0 Å². The third-order valence-corrected chi connectivity index (χ3v) is 7.29. The van der Waals surface area contributed by atoms with Crippen molar-refractivity contribution in [2.75, 3.05) is 6.61 Å². The van der Waals surface area contributed by atoms with E-state index in [1.807, 2.05) is 13.8 Å². The van der Waals surface area contributed by atoms with Gasteiger partial charge in [-0.25, -0.2) is 4.79 Å². The summed E-state index contributed by atoms with van der Waals surface area (Å²) in [5.74, 6) is 3.01. The van der Waals surface area contributed by atoms with Crippen LogP contribution in [0.4, 0.5) is 4.79 Å². The zero-order valence-corrected chi connectivity index (χ0v) is 18.4. The second kappa shape index (κ2) is 7.76. The molecule has 4 aliphatic carbocycles. The first-order valence-electron chi connectivity index (χ1n) is 10.9. The maximum atomic E-state index is 12.5. The molecule has 0 heterocycles. The third-order valence-electron chi connectivity index (χ3n) is 7.29. The van der Waals surface area contributed by atoms with Crippen LogP contribution in [0.2, 0.25) is 0 Å². The molecule has 1 atom stereocenters. The van der Waals surface area contributed by atoms with E-state index in [4.69, 9.17) is 14.2 Å². The van der Waals surface area contributed by atoms with Crippen molar-refractivity contribution in [2.45, 2.75) is 84.8 Å². The number of allylic oxidation sites excluding steroid dienone is 1. The van der Waals surface area contributed by atoms with Crippen molar-refractivity contribution in [3.05, 3.63) is 24.5 Å². The maximum absolute atomic E-state index is 12.5. The lowest BCUT2D eigenvalue weighted by molar-refractivity contribution is -0.204. The van der Waals surface area contributed by atoms with Crippen LogP contribution in [-0.2, 0) is 14.2 Å². The quantitative estimate of drug-likeness (QED) is 0.292. The molecule has 0 spiro atoms. The second-order valence-corrected chi connectivity index (χ2v) is 10.4. The molecule has 4 heteroatoms. The molecule has 0 N–H and O–H groups in total. The summed E-state index contributed by atoms with van der Waals surface area (Å²) in [7, 11) is 0. The highest BCUT2D eigenvalue weighted by Gasteiger charge is 2.61. The Labute approximate surface area is 170 Å². The summed E-state index contributed by atoms with van der Waals surface area (Å²) in [5, 5.41) is 0. The van der Waals surface area contributed by atoms with Crippen LogP contribution >= 0.6 is 0 Å². The Morgan fingerprint density at radius 3 is 2.04 bits per heavy atom. The number of hydrogen-bond acceptors (Lipinski definition) is 4. The number of ether oxygens (including phenoxy) is 3. The van der Waals surface area contributed by atoms with Gasteiger partial charge in [-0.2, -0.15) is 0 Å². The summed E-state index contributed by atoms with van der Waals surface area (Å²) in [6.07, 6.45) is 6.04. The topological polar surface area (TPSA) is 44.8 Å². The number of hydrogen-bond donors (Lipinski definition) is 0. The lowest BCUT2D eigenvalue weighted by Gasteiger charge is -2.61. The lowest BCUT2D eigenvalue weighted by Crippen LogP contribution is -2.61. The van der Waals surface area contributed by atoms with Crippen LogP contribution in [0.25, 0.3) is 0 Å². The molecule has 0 amide bonds. The number of carbonyl (C=O) groups is 1. The van der Waals surface area contributed by atoms with Crippen LogP contribution < -0.4 is 0 Å². The number of carbonyl (C=O) groups excluding carboxylic acids is 1. The molecule has 4 nitrogen and oxygen atoms in total. The molecule has 4 saturated carbocycles. The smallest absolute Gasteiger partial charge is 0.490 e. The van der Waals surface area contributed by atoms with Gasteiger partial charge in [-0.3, -0.25) is 0 Å². The fourth-order valence-corrected chi connectivity index (χ4v) is 5.91. The molecule has 0 radical (unpaired) electrons. The third kappa shape index (κ3) is 4.11. The van der Waals surface area contributed by atoms with Gasteiger partial charge in [0.2, 0.25) is 0 Å². The van der Waals surface area contributed by atoms with Crippen LogP contribution in [0, 0.1) is 29.1 Å². The molecule has 0 saturated heterocycles. The largest absolute Gasteiger partial charge is 0.508 e. The van der Waals surface area contributed by atoms with E-state index in [0.717, 1.165) is 43.1 Å². The summed E-state index contributed by atoms with van der Waals surface area (Å²) >= 11 is 0. The van der Waals surface area contributed by atoms with E-state index >= 15 is 0 Å². The van der Waals surface area contributed by atoms with Crippen LogP contribution in [0.1, 0.15) is 73.1 Å². The summed E-state index contributed by atoms with van der Waals surface area (Å²) in [6.45, 7) is 18.6. The molecular formula is C24H38O4. The zero-order chi connectivity index (χ0) is 20.7. The van der Waals surface area contributed by atoms with Gasteiger partial charge in [0.05, 0.1) is 6.61 Å². The van der Waals surface area contributed by atoms with Crippen molar-refractivity contribution in [3.63, 3.8) is 0 Å². The van der Waals surface area contributed by atoms with E-state index in [-0.39, 0.29) is 11.5 Å². The van der Waals surface area contributed by atoms with E-state index in [1.165, 1.54) is 6.42 Å². The average Bonchev–Trinajstić information content (AvgIpc) is 2.57. The van der Waals surface area contributed by atoms with Gasteiger partial charge < -0.3 is 14.2 Å². The van der Waals surface area contributed by atoms with Gasteiger partial charge >= 0.3 is 6.16 Å². The molecule has 4 aliphatic rings. The summed E-state index contributed by atoms with van der Waals surface area (Å²) < 4.78 is 17.8. The van der Waals surface area contributed by atoms with E-state index in [9.17, 15) is 4.79 Å². The Bertz CT molecular complexity index is 599. The van der Waals surface area contributed by atoms with E-state index in [0.29, 0.717) is 30.6 Å². The minimum Gasteiger partial charge on any atom is -0.490 e. The van der Waals surface area contributed by atoms with Crippen LogP contribution in [0.3, 0.4) is 0 Å². The minimum atomic E-state index is -0.527. The molecule has 4 fully saturated rings. The molecule has 0 aromatic carbocycles. The first-order valence-corrected chi connectivity index (χ1v) is 10.9. The second-order valence-electron chi connectivity index (χ2n) is 10.4. The van der Waals surface area contributed by atoms with Crippen LogP contribution in [0.15, 0.2) is 24.5 Å². The Balaban J connectivity index is 1.91. The molecule has 0 aliphatic heterocycles. The van der Waals surface area contributed by atoms with E-state index < -0.39 is 11.8 Å². The highest BCUT2D eigenvalue weighted by molar-refractivity contribution is 5.60. The van der Waals surface area contributed by atoms with Crippen molar-refractivity contribution in [1.29, 1.82) is 0 Å². The summed E-state index contributed by atoms with van der Waals surface area (Å²) in [4.78, 5) is 12.5. The fourth-order valence-electron chi connectivity index (χ4n) is 5.91. The molecule has 1 unspecified atom stereocenters. The fraction of sp³-hybridized carbons (Fsp3) is 0.792. The van der Waals surface area contributed by atoms with E-state index in [1.54, 1.807) is 0 Å². The molecule has 158 valence electrons. The summed E-state index contributed by atoms with van der Waals surface area (Å²) in [5.41, 5.74) is 0.227. The first-order chi connectivity index (χ1) is 13.0. The van der Waals surface area contributed by atoms with Crippen molar-refractivity contribution >= 4 is 6.16 Å². The van der Waals surface area contributed by atoms with Gasteiger partial charge in [0.1, 0.15) is 17.5 Å². The molecule has 0 aromatic rings. The Hall–Kier alpha value is -1.45. The van der Waals surface area contributed by atoms with Gasteiger partial charge in [-0.1, -0.05) is 33.9 Å². The molecule has 0 aromatic heterocycles. The highest BCUT2D eigenvalue weighted by Crippen LogP contribution is 2.61. The van der Waals surface area contributed by atoms with Gasteiger partial charge in [0.25, 0.3) is 0 Å². The molecular weight excluding hydrogens is 352 g/mol. The maximum Gasteiger partial charge on any atom is 0.508 e. The SMILES string of the molecule is C=C(C)C(=C)OC(CC1(OC(=O)OCC)C2CC3CC(C2)CC1C3)C(C)(C)C. The zero-order valence-electron chi connectivity index (χ0n) is 18.4. The van der Waals surface area contributed by atoms with Crippen LogP contribution in [-0.4, -0.2) is 24.5 Å². The van der Waals surface area contributed by atoms with Crippen molar-refractivity contribution in [1.82, 2.24) is 0 Å². The minimum absolute atomic E-state index is 0.108. The predicted octanol–water partition coefficient (Wildman–Crippen LogP) is 6.27. The molecule has 4 bridgehead atoms. The van der Waals surface area contributed by atoms with Gasteiger partial charge in [0.15, 0.2) is 0 Å². The average molecular weight is 391 g/mol. The monoisotopic (exact) mass is 390 g/mol. The lowest BCUT2D eigenvalue weighted by atomic mass is 9.48. The Kier molecular flexibility index (Phi) is 5.89. The standard InChI is InChI=1S/C24H38O4/c1-8-26-22(25)28-24(14-21(23(5,6)7)27-16(4)15(2)3)19-10-17-9-18(12-19)13-20(24)11-17/h17-21H,2,4,8-14H2,1,3,5-7H3. The molecule has 4 rings (SSSR count). The van der Waals surface area contributed by atoms with Gasteiger partial charge in [0, 0.05) is 6.42 Å². The summed E-state index contributed by atoms with van der Waals surface area (Å²) in [6, 6.07) is 0. The van der Waals surface area contributed by atoms with Crippen molar-refractivity contribution < 1.29 is 19.0 Å². The van der Waals surface area contributed by atoms with Crippen LogP contribution in [0.5, 0.6) is 0 Å². The first kappa shape index (κ1) is 21.3. The van der Waals surface area contributed by atoms with Gasteiger partial charge in [-0.05, 0) is 80.6 Å². The molecule has 28 heavy (non-hydrogen) atoms.